The van der Waals surface area contributed by atoms with Crippen LogP contribution in [-0.2, 0) is 11.2 Å². The summed E-state index contributed by atoms with van der Waals surface area (Å²) in [5.41, 5.74) is 0.922. The molecular formula is C12H16ClNO3. The van der Waals surface area contributed by atoms with Crippen molar-refractivity contribution in [2.75, 3.05) is 13.7 Å². The lowest BCUT2D eigenvalue weighted by molar-refractivity contribution is -0.120. The molecule has 0 heterocycles. The van der Waals surface area contributed by atoms with Crippen molar-refractivity contribution in [3.8, 4) is 11.5 Å². The van der Waals surface area contributed by atoms with Gasteiger partial charge in [-0.05, 0) is 31.0 Å². The van der Waals surface area contributed by atoms with Crippen molar-refractivity contribution in [3.05, 3.63) is 23.8 Å². The second kappa shape index (κ2) is 6.35. The van der Waals surface area contributed by atoms with E-state index in [1.165, 1.54) is 7.11 Å². The predicted molar refractivity (Wildman–Crippen MR) is 66.7 cm³/mol. The van der Waals surface area contributed by atoms with E-state index in [1.807, 2.05) is 6.07 Å². The molecule has 1 rings (SSSR count). The van der Waals surface area contributed by atoms with E-state index in [0.717, 1.165) is 5.56 Å². The smallest absolute Gasteiger partial charge is 0.237 e. The summed E-state index contributed by atoms with van der Waals surface area (Å²) in [5, 5.41) is 11.7. The van der Waals surface area contributed by atoms with Gasteiger partial charge in [0.1, 0.15) is 5.38 Å². The molecule has 0 saturated heterocycles. The molecule has 0 spiro atoms. The number of ether oxygens (including phenoxy) is 1. The summed E-state index contributed by atoms with van der Waals surface area (Å²) in [6, 6.07) is 5.15. The summed E-state index contributed by atoms with van der Waals surface area (Å²) in [7, 11) is 1.50. The van der Waals surface area contributed by atoms with Gasteiger partial charge in [-0.15, -0.1) is 11.6 Å². The van der Waals surface area contributed by atoms with Crippen LogP contribution in [0.25, 0.3) is 0 Å². The van der Waals surface area contributed by atoms with E-state index in [1.54, 1.807) is 19.1 Å². The van der Waals surface area contributed by atoms with Crippen LogP contribution in [0.5, 0.6) is 11.5 Å². The fourth-order valence-corrected chi connectivity index (χ4v) is 1.44. The molecule has 94 valence electrons. The molecule has 1 unspecified atom stereocenters. The average Bonchev–Trinajstić information content (AvgIpc) is 2.29. The molecule has 0 aliphatic heterocycles. The van der Waals surface area contributed by atoms with E-state index in [2.05, 4.69) is 5.32 Å². The molecule has 0 aliphatic rings. The lowest BCUT2D eigenvalue weighted by atomic mass is 10.1. The second-order valence-corrected chi connectivity index (χ2v) is 4.32. The van der Waals surface area contributed by atoms with Crippen LogP contribution >= 0.6 is 11.6 Å². The third-order valence-electron chi connectivity index (χ3n) is 2.32. The summed E-state index contributed by atoms with van der Waals surface area (Å²) < 4.78 is 4.94. The zero-order valence-electron chi connectivity index (χ0n) is 9.87. The summed E-state index contributed by atoms with van der Waals surface area (Å²) >= 11 is 5.61. The minimum atomic E-state index is -0.528. The number of carbonyl (C=O) groups excluding carboxylic acids is 1. The second-order valence-electron chi connectivity index (χ2n) is 3.66. The number of hydrogen-bond acceptors (Lipinski definition) is 3. The first-order chi connectivity index (χ1) is 8.04. The normalized spacial score (nSPS) is 11.9. The van der Waals surface area contributed by atoms with E-state index in [4.69, 9.17) is 16.3 Å². The topological polar surface area (TPSA) is 58.6 Å². The van der Waals surface area contributed by atoms with Crippen LogP contribution in [0.1, 0.15) is 12.5 Å². The van der Waals surface area contributed by atoms with E-state index >= 15 is 0 Å². The molecule has 0 bridgehead atoms. The minimum Gasteiger partial charge on any atom is -0.504 e. The number of nitrogens with one attached hydrogen (secondary N) is 1. The molecule has 1 aromatic rings. The van der Waals surface area contributed by atoms with Crippen molar-refractivity contribution in [1.82, 2.24) is 5.32 Å². The molecule has 2 N–H and O–H groups in total. The highest BCUT2D eigenvalue weighted by molar-refractivity contribution is 6.30. The minimum absolute atomic E-state index is 0.0991. The third-order valence-corrected chi connectivity index (χ3v) is 2.52. The molecular weight excluding hydrogens is 242 g/mol. The Balaban J connectivity index is 2.47. The molecule has 0 saturated carbocycles. The number of phenolic OH excluding ortho intramolecular Hbond substituents is 1. The Labute approximate surface area is 106 Å². The number of hydrogen-bond donors (Lipinski definition) is 2. The maximum Gasteiger partial charge on any atom is 0.237 e. The molecule has 1 aromatic carbocycles. The van der Waals surface area contributed by atoms with Crippen molar-refractivity contribution in [3.63, 3.8) is 0 Å². The molecule has 1 amide bonds. The van der Waals surface area contributed by atoms with Gasteiger partial charge in [-0.25, -0.2) is 0 Å². The number of carbonyl (C=O) groups is 1. The SMILES string of the molecule is COc1ccc(CCNC(=O)C(C)Cl)cc1O. The lowest BCUT2D eigenvalue weighted by Gasteiger charge is -2.08. The van der Waals surface area contributed by atoms with Crippen molar-refractivity contribution in [1.29, 1.82) is 0 Å². The van der Waals surface area contributed by atoms with Crippen LogP contribution in [-0.4, -0.2) is 30.0 Å². The maximum atomic E-state index is 11.2. The highest BCUT2D eigenvalue weighted by Crippen LogP contribution is 2.26. The Morgan fingerprint density at radius 1 is 1.59 bits per heavy atom. The van der Waals surface area contributed by atoms with Crippen molar-refractivity contribution in [2.45, 2.75) is 18.7 Å². The van der Waals surface area contributed by atoms with Crippen molar-refractivity contribution >= 4 is 17.5 Å². The lowest BCUT2D eigenvalue weighted by Crippen LogP contribution is -2.31. The van der Waals surface area contributed by atoms with E-state index in [0.29, 0.717) is 18.7 Å². The molecule has 0 radical (unpaired) electrons. The third kappa shape index (κ3) is 4.15. The molecule has 0 aliphatic carbocycles. The molecule has 0 aromatic heterocycles. The van der Waals surface area contributed by atoms with Gasteiger partial charge in [0.05, 0.1) is 7.11 Å². The molecule has 17 heavy (non-hydrogen) atoms. The van der Waals surface area contributed by atoms with E-state index in [9.17, 15) is 9.90 Å². The van der Waals surface area contributed by atoms with Gasteiger partial charge in [0.2, 0.25) is 5.91 Å². The van der Waals surface area contributed by atoms with E-state index in [-0.39, 0.29) is 11.7 Å². The number of methoxy groups -OCH3 is 1. The summed E-state index contributed by atoms with van der Waals surface area (Å²) in [4.78, 5) is 11.2. The Hall–Kier alpha value is -1.42. The fraction of sp³-hybridized carbons (Fsp3) is 0.417. The van der Waals surface area contributed by atoms with Crippen LogP contribution in [0, 0.1) is 0 Å². The van der Waals surface area contributed by atoms with Gasteiger partial charge in [0, 0.05) is 6.54 Å². The first-order valence-corrected chi connectivity index (χ1v) is 5.76. The molecule has 4 nitrogen and oxygen atoms in total. The summed E-state index contributed by atoms with van der Waals surface area (Å²) in [5.74, 6) is 0.346. The highest BCUT2D eigenvalue weighted by Gasteiger charge is 2.08. The van der Waals surface area contributed by atoms with Gasteiger partial charge in [-0.2, -0.15) is 0 Å². The highest BCUT2D eigenvalue weighted by atomic mass is 35.5. The standard InChI is InChI=1S/C12H16ClNO3/c1-8(13)12(16)14-6-5-9-3-4-11(17-2)10(15)7-9/h3-4,7-8,15H,5-6H2,1-2H3,(H,14,16). The number of benzene rings is 1. The van der Waals surface area contributed by atoms with Crippen LogP contribution in [0.2, 0.25) is 0 Å². The van der Waals surface area contributed by atoms with Gasteiger partial charge in [0.15, 0.2) is 11.5 Å². The number of amides is 1. The number of aromatic hydroxyl groups is 1. The number of rotatable bonds is 5. The Morgan fingerprint density at radius 3 is 2.82 bits per heavy atom. The van der Waals surface area contributed by atoms with Crippen LogP contribution in [0.3, 0.4) is 0 Å². The largest absolute Gasteiger partial charge is 0.504 e. The first kappa shape index (κ1) is 13.6. The average molecular weight is 258 g/mol. The monoisotopic (exact) mass is 257 g/mol. The Kier molecular flexibility index (Phi) is 5.10. The van der Waals surface area contributed by atoms with Gasteiger partial charge in [-0.3, -0.25) is 4.79 Å². The number of phenols is 1. The van der Waals surface area contributed by atoms with Crippen LogP contribution in [0.15, 0.2) is 18.2 Å². The Bertz CT molecular complexity index is 393. The van der Waals surface area contributed by atoms with Gasteiger partial charge in [-0.1, -0.05) is 6.07 Å². The number of alkyl halides is 1. The van der Waals surface area contributed by atoms with Gasteiger partial charge >= 0.3 is 0 Å². The molecule has 5 heteroatoms. The maximum absolute atomic E-state index is 11.2. The predicted octanol–water partition coefficient (Wildman–Crippen LogP) is 1.69. The zero-order valence-corrected chi connectivity index (χ0v) is 10.6. The molecule has 0 fully saturated rings. The first-order valence-electron chi connectivity index (χ1n) is 5.32. The Morgan fingerprint density at radius 2 is 2.29 bits per heavy atom. The van der Waals surface area contributed by atoms with Crippen molar-refractivity contribution < 1.29 is 14.6 Å². The van der Waals surface area contributed by atoms with Gasteiger partial charge in [0.25, 0.3) is 0 Å². The van der Waals surface area contributed by atoms with Crippen LogP contribution in [0.4, 0.5) is 0 Å². The fourth-order valence-electron chi connectivity index (χ4n) is 1.36. The number of halogens is 1. The summed E-state index contributed by atoms with van der Waals surface area (Å²) in [6.07, 6.45) is 0.632. The van der Waals surface area contributed by atoms with E-state index < -0.39 is 5.38 Å². The van der Waals surface area contributed by atoms with Crippen LogP contribution < -0.4 is 10.1 Å². The van der Waals surface area contributed by atoms with Crippen molar-refractivity contribution in [2.24, 2.45) is 0 Å². The quantitative estimate of drug-likeness (QED) is 0.790. The molecule has 1 atom stereocenters. The van der Waals surface area contributed by atoms with Gasteiger partial charge < -0.3 is 15.2 Å². The zero-order chi connectivity index (χ0) is 12.8. The summed E-state index contributed by atoms with van der Waals surface area (Å²) in [6.45, 7) is 2.11.